The largest absolute Gasteiger partial charge is 0.457 e. The predicted octanol–water partition coefficient (Wildman–Crippen LogP) is 4.78. The Morgan fingerprint density at radius 2 is 1.88 bits per heavy atom. The van der Waals surface area contributed by atoms with Crippen molar-refractivity contribution in [1.29, 1.82) is 0 Å². The third-order valence-corrected chi connectivity index (χ3v) is 2.94. The molecule has 0 bridgehead atoms. The number of aryl methyl sites for hydroxylation is 1. The number of rotatable bonds is 4. The van der Waals surface area contributed by atoms with Crippen molar-refractivity contribution in [1.82, 2.24) is 0 Å². The van der Waals surface area contributed by atoms with E-state index in [0.717, 1.165) is 23.5 Å². The van der Waals surface area contributed by atoms with Crippen LogP contribution in [0.2, 0.25) is 0 Å². The average Bonchev–Trinajstić information content (AvgIpc) is 2.39. The van der Waals surface area contributed by atoms with Gasteiger partial charge in [0.15, 0.2) is 0 Å². The van der Waals surface area contributed by atoms with Crippen LogP contribution < -0.4 is 4.74 Å². The molecular weight excluding hydrogens is 232 g/mol. The highest BCUT2D eigenvalue weighted by Gasteiger charge is 2.02. The van der Waals surface area contributed by atoms with E-state index in [0.29, 0.717) is 5.88 Å². The SMILES string of the molecule is CCc1ccccc1Oc1cccc(CCl)c1. The van der Waals surface area contributed by atoms with E-state index < -0.39 is 0 Å². The lowest BCUT2D eigenvalue weighted by Crippen LogP contribution is -1.90. The van der Waals surface area contributed by atoms with Gasteiger partial charge in [-0.3, -0.25) is 0 Å². The van der Waals surface area contributed by atoms with Gasteiger partial charge in [-0.1, -0.05) is 37.3 Å². The topological polar surface area (TPSA) is 9.23 Å². The van der Waals surface area contributed by atoms with Crippen LogP contribution >= 0.6 is 11.6 Å². The number of ether oxygens (including phenoxy) is 1. The Kier molecular flexibility index (Phi) is 4.05. The summed E-state index contributed by atoms with van der Waals surface area (Å²) in [4.78, 5) is 0. The highest BCUT2D eigenvalue weighted by atomic mass is 35.5. The summed E-state index contributed by atoms with van der Waals surface area (Å²) < 4.78 is 5.88. The molecule has 0 fully saturated rings. The Bertz CT molecular complexity index is 494. The van der Waals surface area contributed by atoms with E-state index in [4.69, 9.17) is 16.3 Å². The zero-order valence-electron chi connectivity index (χ0n) is 9.82. The molecule has 0 aliphatic carbocycles. The fourth-order valence-electron chi connectivity index (χ4n) is 1.71. The number of para-hydroxylation sites is 1. The van der Waals surface area contributed by atoms with E-state index in [2.05, 4.69) is 13.0 Å². The molecule has 88 valence electrons. The molecule has 0 heterocycles. The Morgan fingerprint density at radius 3 is 2.65 bits per heavy atom. The highest BCUT2D eigenvalue weighted by Crippen LogP contribution is 2.26. The molecule has 1 nitrogen and oxygen atoms in total. The molecule has 0 saturated heterocycles. The van der Waals surface area contributed by atoms with Crippen molar-refractivity contribution in [3.05, 3.63) is 59.7 Å². The summed E-state index contributed by atoms with van der Waals surface area (Å²) in [7, 11) is 0. The van der Waals surface area contributed by atoms with Crippen molar-refractivity contribution in [2.75, 3.05) is 0 Å². The van der Waals surface area contributed by atoms with E-state index in [1.807, 2.05) is 42.5 Å². The second kappa shape index (κ2) is 5.74. The molecule has 2 aromatic carbocycles. The second-order valence-corrected chi connectivity index (χ2v) is 4.11. The van der Waals surface area contributed by atoms with Gasteiger partial charge in [-0.2, -0.15) is 0 Å². The quantitative estimate of drug-likeness (QED) is 0.706. The minimum Gasteiger partial charge on any atom is -0.457 e. The lowest BCUT2D eigenvalue weighted by molar-refractivity contribution is 0.476. The van der Waals surface area contributed by atoms with E-state index in [-0.39, 0.29) is 0 Å². The maximum Gasteiger partial charge on any atom is 0.130 e. The zero-order chi connectivity index (χ0) is 12.1. The molecule has 0 aliphatic rings. The first-order valence-electron chi connectivity index (χ1n) is 5.74. The van der Waals surface area contributed by atoms with Crippen molar-refractivity contribution in [3.8, 4) is 11.5 Å². The molecule has 0 atom stereocenters. The first-order valence-corrected chi connectivity index (χ1v) is 6.27. The van der Waals surface area contributed by atoms with Crippen LogP contribution in [0.5, 0.6) is 11.5 Å². The summed E-state index contributed by atoms with van der Waals surface area (Å²) in [6.45, 7) is 2.12. The monoisotopic (exact) mass is 246 g/mol. The Balaban J connectivity index is 2.24. The molecule has 0 aliphatic heterocycles. The molecule has 0 unspecified atom stereocenters. The van der Waals surface area contributed by atoms with Crippen LogP contribution in [-0.4, -0.2) is 0 Å². The summed E-state index contributed by atoms with van der Waals surface area (Å²) in [5.41, 5.74) is 2.28. The lowest BCUT2D eigenvalue weighted by Gasteiger charge is -2.10. The van der Waals surface area contributed by atoms with Crippen LogP contribution in [0.3, 0.4) is 0 Å². The van der Waals surface area contributed by atoms with E-state index >= 15 is 0 Å². The van der Waals surface area contributed by atoms with Gasteiger partial charge >= 0.3 is 0 Å². The van der Waals surface area contributed by atoms with Crippen molar-refractivity contribution in [2.45, 2.75) is 19.2 Å². The summed E-state index contributed by atoms with van der Waals surface area (Å²) in [6, 6.07) is 16.0. The molecule has 0 amide bonds. The van der Waals surface area contributed by atoms with Gasteiger partial charge in [0.05, 0.1) is 0 Å². The smallest absolute Gasteiger partial charge is 0.130 e. The Labute approximate surface area is 107 Å². The normalized spacial score (nSPS) is 10.2. The van der Waals surface area contributed by atoms with Gasteiger partial charge < -0.3 is 4.74 Å². The van der Waals surface area contributed by atoms with Crippen LogP contribution in [0, 0.1) is 0 Å². The molecule has 0 aromatic heterocycles. The van der Waals surface area contributed by atoms with Crippen LogP contribution in [0.4, 0.5) is 0 Å². The summed E-state index contributed by atoms with van der Waals surface area (Å²) in [5.74, 6) is 2.26. The third kappa shape index (κ3) is 3.01. The minimum absolute atomic E-state index is 0.507. The van der Waals surface area contributed by atoms with Crippen molar-refractivity contribution in [3.63, 3.8) is 0 Å². The van der Waals surface area contributed by atoms with Crippen molar-refractivity contribution < 1.29 is 4.74 Å². The van der Waals surface area contributed by atoms with Crippen molar-refractivity contribution >= 4 is 11.6 Å². The lowest BCUT2D eigenvalue weighted by atomic mass is 10.1. The number of benzene rings is 2. The predicted molar refractivity (Wildman–Crippen MR) is 71.9 cm³/mol. The van der Waals surface area contributed by atoms with E-state index in [1.165, 1.54) is 5.56 Å². The van der Waals surface area contributed by atoms with Crippen LogP contribution in [-0.2, 0) is 12.3 Å². The first-order chi connectivity index (χ1) is 8.33. The van der Waals surface area contributed by atoms with Crippen LogP contribution in [0.15, 0.2) is 48.5 Å². The number of halogens is 1. The number of alkyl halides is 1. The van der Waals surface area contributed by atoms with Gasteiger partial charge in [-0.15, -0.1) is 11.6 Å². The Morgan fingerprint density at radius 1 is 1.06 bits per heavy atom. The maximum atomic E-state index is 5.88. The molecular formula is C15H15ClO. The molecule has 0 spiro atoms. The van der Waals surface area contributed by atoms with Gasteiger partial charge in [-0.25, -0.2) is 0 Å². The second-order valence-electron chi connectivity index (χ2n) is 3.84. The Hall–Kier alpha value is -1.47. The zero-order valence-corrected chi connectivity index (χ0v) is 10.6. The molecule has 17 heavy (non-hydrogen) atoms. The number of hydrogen-bond acceptors (Lipinski definition) is 1. The third-order valence-electron chi connectivity index (χ3n) is 2.63. The summed E-state index contributed by atoms with van der Waals surface area (Å²) >= 11 is 5.80. The van der Waals surface area contributed by atoms with Gasteiger partial charge in [0.25, 0.3) is 0 Å². The maximum absolute atomic E-state index is 5.88. The minimum atomic E-state index is 0.507. The fraction of sp³-hybridized carbons (Fsp3) is 0.200. The van der Waals surface area contributed by atoms with Crippen LogP contribution in [0.1, 0.15) is 18.1 Å². The molecule has 2 heteroatoms. The van der Waals surface area contributed by atoms with E-state index in [1.54, 1.807) is 0 Å². The summed E-state index contributed by atoms with van der Waals surface area (Å²) in [6.07, 6.45) is 0.964. The average molecular weight is 247 g/mol. The first kappa shape index (κ1) is 12.0. The molecule has 0 radical (unpaired) electrons. The van der Waals surface area contributed by atoms with Gasteiger partial charge in [0.1, 0.15) is 11.5 Å². The van der Waals surface area contributed by atoms with Crippen LogP contribution in [0.25, 0.3) is 0 Å². The molecule has 0 N–H and O–H groups in total. The standard InChI is InChI=1S/C15H15ClO/c1-2-13-7-3-4-9-15(13)17-14-8-5-6-12(10-14)11-16/h3-10H,2,11H2,1H3. The summed E-state index contributed by atoms with van der Waals surface area (Å²) in [5, 5.41) is 0. The molecule has 0 saturated carbocycles. The fourth-order valence-corrected chi connectivity index (χ4v) is 1.88. The molecule has 2 aromatic rings. The van der Waals surface area contributed by atoms with Crippen molar-refractivity contribution in [2.24, 2.45) is 0 Å². The number of hydrogen-bond donors (Lipinski definition) is 0. The highest BCUT2D eigenvalue weighted by molar-refractivity contribution is 6.17. The van der Waals surface area contributed by atoms with E-state index in [9.17, 15) is 0 Å². The van der Waals surface area contributed by atoms with Gasteiger partial charge in [0.2, 0.25) is 0 Å². The molecule has 2 rings (SSSR count). The van der Waals surface area contributed by atoms with Gasteiger partial charge in [0, 0.05) is 5.88 Å². The van der Waals surface area contributed by atoms with Gasteiger partial charge in [-0.05, 0) is 35.7 Å².